The molecule has 5 nitrogen and oxygen atoms in total. The van der Waals surface area contributed by atoms with Crippen molar-refractivity contribution in [1.29, 1.82) is 0 Å². The second-order valence-electron chi connectivity index (χ2n) is 5.34. The van der Waals surface area contributed by atoms with Crippen molar-refractivity contribution in [3.05, 3.63) is 0 Å². The van der Waals surface area contributed by atoms with Crippen molar-refractivity contribution in [3.8, 4) is 0 Å². The van der Waals surface area contributed by atoms with Crippen LogP contribution in [0.2, 0.25) is 0 Å². The summed E-state index contributed by atoms with van der Waals surface area (Å²) in [5, 5.41) is 14.3. The molecule has 0 aliphatic heterocycles. The molecule has 0 saturated heterocycles. The van der Waals surface area contributed by atoms with E-state index in [1.807, 2.05) is 0 Å². The molecule has 1 atom stereocenters. The van der Waals surface area contributed by atoms with Crippen LogP contribution in [0.4, 0.5) is 4.79 Å². The van der Waals surface area contributed by atoms with Crippen LogP contribution in [0, 0.1) is 11.3 Å². The zero-order chi connectivity index (χ0) is 13.6. The van der Waals surface area contributed by atoms with Gasteiger partial charge in [0.05, 0.1) is 5.92 Å². The van der Waals surface area contributed by atoms with Gasteiger partial charge in [0.25, 0.3) is 0 Å². The number of rotatable bonds is 7. The number of amides is 2. The largest absolute Gasteiger partial charge is 0.481 e. The van der Waals surface area contributed by atoms with Crippen molar-refractivity contribution in [3.63, 3.8) is 0 Å². The normalized spacial score (nSPS) is 18.6. The highest BCUT2D eigenvalue weighted by atomic mass is 16.4. The molecule has 3 N–H and O–H groups in total. The Bertz CT molecular complexity index is 295. The van der Waals surface area contributed by atoms with Gasteiger partial charge in [-0.05, 0) is 31.1 Å². The fourth-order valence-corrected chi connectivity index (χ4v) is 2.19. The molecule has 1 unspecified atom stereocenters. The fraction of sp³-hybridized carbons (Fsp3) is 0.846. The van der Waals surface area contributed by atoms with Crippen molar-refractivity contribution in [1.82, 2.24) is 10.6 Å². The minimum Gasteiger partial charge on any atom is -0.481 e. The molecule has 2 amide bonds. The molecule has 104 valence electrons. The van der Waals surface area contributed by atoms with Crippen LogP contribution in [0.15, 0.2) is 0 Å². The minimum atomic E-state index is -0.823. The predicted octanol–water partition coefficient (Wildman–Crippen LogP) is 1.98. The Kier molecular flexibility index (Phi) is 5.44. The number of carbonyl (C=O) groups is 2. The molecular formula is C13H24N2O3. The molecule has 0 aromatic rings. The van der Waals surface area contributed by atoms with Crippen molar-refractivity contribution in [2.75, 3.05) is 13.1 Å². The SMILES string of the molecule is CCC1(CNC(=O)NCCC(C)C(=O)O)CCC1. The van der Waals surface area contributed by atoms with Gasteiger partial charge in [-0.1, -0.05) is 20.3 Å². The number of carboxylic acids is 1. The van der Waals surface area contributed by atoms with Crippen molar-refractivity contribution in [2.24, 2.45) is 11.3 Å². The molecule has 1 aliphatic rings. The predicted molar refractivity (Wildman–Crippen MR) is 69.4 cm³/mol. The first-order valence-electron chi connectivity index (χ1n) is 6.73. The number of urea groups is 1. The summed E-state index contributed by atoms with van der Waals surface area (Å²) in [7, 11) is 0. The molecule has 0 aromatic heterocycles. The number of nitrogens with one attached hydrogen (secondary N) is 2. The van der Waals surface area contributed by atoms with Gasteiger partial charge in [0.1, 0.15) is 0 Å². The number of carbonyl (C=O) groups excluding carboxylic acids is 1. The van der Waals surface area contributed by atoms with E-state index >= 15 is 0 Å². The van der Waals surface area contributed by atoms with Gasteiger partial charge in [-0.3, -0.25) is 4.79 Å². The summed E-state index contributed by atoms with van der Waals surface area (Å²) >= 11 is 0. The Balaban J connectivity index is 2.12. The van der Waals surface area contributed by atoms with Crippen LogP contribution in [-0.4, -0.2) is 30.2 Å². The molecule has 18 heavy (non-hydrogen) atoms. The first-order valence-corrected chi connectivity index (χ1v) is 6.73. The van der Waals surface area contributed by atoms with Crippen LogP contribution in [0.5, 0.6) is 0 Å². The van der Waals surface area contributed by atoms with E-state index in [9.17, 15) is 9.59 Å². The molecule has 0 spiro atoms. The average molecular weight is 256 g/mol. The van der Waals surface area contributed by atoms with E-state index in [1.165, 1.54) is 19.3 Å². The second-order valence-corrected chi connectivity index (χ2v) is 5.34. The Hall–Kier alpha value is -1.26. The van der Waals surface area contributed by atoms with Crippen molar-refractivity contribution in [2.45, 2.75) is 46.0 Å². The molecule has 0 bridgehead atoms. The summed E-state index contributed by atoms with van der Waals surface area (Å²) < 4.78 is 0. The van der Waals surface area contributed by atoms with Gasteiger partial charge in [-0.25, -0.2) is 4.79 Å². The molecule has 1 saturated carbocycles. The van der Waals surface area contributed by atoms with E-state index in [0.29, 0.717) is 18.4 Å². The Morgan fingerprint density at radius 2 is 2.00 bits per heavy atom. The lowest BCUT2D eigenvalue weighted by Crippen LogP contribution is -2.45. The van der Waals surface area contributed by atoms with E-state index in [2.05, 4.69) is 17.6 Å². The van der Waals surface area contributed by atoms with E-state index < -0.39 is 11.9 Å². The van der Waals surface area contributed by atoms with E-state index in [4.69, 9.17) is 5.11 Å². The summed E-state index contributed by atoms with van der Waals surface area (Å²) in [4.78, 5) is 22.1. The van der Waals surface area contributed by atoms with Crippen LogP contribution in [0.25, 0.3) is 0 Å². The van der Waals surface area contributed by atoms with Crippen LogP contribution in [0.3, 0.4) is 0 Å². The zero-order valence-electron chi connectivity index (χ0n) is 11.3. The highest BCUT2D eigenvalue weighted by molar-refractivity contribution is 5.74. The minimum absolute atomic E-state index is 0.188. The van der Waals surface area contributed by atoms with E-state index in [0.717, 1.165) is 13.0 Å². The first-order chi connectivity index (χ1) is 8.49. The van der Waals surface area contributed by atoms with Gasteiger partial charge in [-0.15, -0.1) is 0 Å². The van der Waals surface area contributed by atoms with Crippen molar-refractivity contribution < 1.29 is 14.7 Å². The van der Waals surface area contributed by atoms with Gasteiger partial charge in [0.2, 0.25) is 0 Å². The lowest BCUT2D eigenvalue weighted by molar-refractivity contribution is -0.141. The monoisotopic (exact) mass is 256 g/mol. The van der Waals surface area contributed by atoms with Crippen LogP contribution < -0.4 is 10.6 Å². The fourth-order valence-electron chi connectivity index (χ4n) is 2.19. The molecule has 1 rings (SSSR count). The molecule has 0 radical (unpaired) electrons. The third-order valence-electron chi connectivity index (χ3n) is 4.07. The van der Waals surface area contributed by atoms with Gasteiger partial charge in [0, 0.05) is 13.1 Å². The van der Waals surface area contributed by atoms with Gasteiger partial charge in [-0.2, -0.15) is 0 Å². The van der Waals surface area contributed by atoms with Gasteiger partial charge < -0.3 is 15.7 Å². The number of hydrogen-bond acceptors (Lipinski definition) is 2. The van der Waals surface area contributed by atoms with Crippen molar-refractivity contribution >= 4 is 12.0 Å². The average Bonchev–Trinajstić information content (AvgIpc) is 2.28. The molecule has 1 aliphatic carbocycles. The smallest absolute Gasteiger partial charge is 0.314 e. The Labute approximate surface area is 108 Å². The number of hydrogen-bond donors (Lipinski definition) is 3. The maximum atomic E-state index is 11.5. The highest BCUT2D eigenvalue weighted by Crippen LogP contribution is 2.42. The molecule has 0 aromatic carbocycles. The molecule has 5 heteroatoms. The maximum Gasteiger partial charge on any atom is 0.314 e. The second kappa shape index (κ2) is 6.61. The molecular weight excluding hydrogens is 232 g/mol. The Morgan fingerprint density at radius 3 is 2.44 bits per heavy atom. The summed E-state index contributed by atoms with van der Waals surface area (Å²) in [5.74, 6) is -1.24. The quantitative estimate of drug-likeness (QED) is 0.651. The Morgan fingerprint density at radius 1 is 1.33 bits per heavy atom. The van der Waals surface area contributed by atoms with Crippen LogP contribution >= 0.6 is 0 Å². The lowest BCUT2D eigenvalue weighted by atomic mass is 9.67. The third-order valence-corrected chi connectivity index (χ3v) is 4.07. The topological polar surface area (TPSA) is 78.4 Å². The number of carboxylic acid groups (broad SMARTS) is 1. The van der Waals surface area contributed by atoms with Crippen LogP contribution in [-0.2, 0) is 4.79 Å². The summed E-state index contributed by atoms with van der Waals surface area (Å²) in [5.41, 5.74) is 0.311. The lowest BCUT2D eigenvalue weighted by Gasteiger charge is -2.41. The first kappa shape index (κ1) is 14.8. The number of aliphatic carboxylic acids is 1. The molecule has 0 heterocycles. The standard InChI is InChI=1S/C13H24N2O3/c1-3-13(6-4-7-13)9-15-12(18)14-8-5-10(2)11(16)17/h10H,3-9H2,1-2H3,(H,16,17)(H2,14,15,18). The van der Waals surface area contributed by atoms with Gasteiger partial charge in [0.15, 0.2) is 0 Å². The van der Waals surface area contributed by atoms with E-state index in [1.54, 1.807) is 6.92 Å². The van der Waals surface area contributed by atoms with E-state index in [-0.39, 0.29) is 6.03 Å². The van der Waals surface area contributed by atoms with Crippen LogP contribution in [0.1, 0.15) is 46.0 Å². The maximum absolute atomic E-state index is 11.5. The zero-order valence-corrected chi connectivity index (χ0v) is 11.3. The summed E-state index contributed by atoms with van der Waals surface area (Å²) in [6, 6.07) is -0.188. The third kappa shape index (κ3) is 4.20. The van der Waals surface area contributed by atoms with Gasteiger partial charge >= 0.3 is 12.0 Å². The molecule has 1 fully saturated rings. The summed E-state index contributed by atoms with van der Waals surface area (Å²) in [6.45, 7) is 4.93. The highest BCUT2D eigenvalue weighted by Gasteiger charge is 2.35. The summed E-state index contributed by atoms with van der Waals surface area (Å²) in [6.07, 6.45) is 5.21.